The van der Waals surface area contributed by atoms with Gasteiger partial charge in [-0.05, 0) is 64.2 Å². The summed E-state index contributed by atoms with van der Waals surface area (Å²) in [7, 11) is 0. The third-order valence-corrected chi connectivity index (χ3v) is 11.3. The third kappa shape index (κ3) is 1.09. The van der Waals surface area contributed by atoms with Gasteiger partial charge in [0, 0.05) is 27.7 Å². The molecule has 8 nitrogen and oxygen atoms in total. The van der Waals surface area contributed by atoms with Crippen molar-refractivity contribution in [2.75, 3.05) is 0 Å². The second kappa shape index (κ2) is 3.24. The molecule has 10 fully saturated rings. The minimum absolute atomic E-state index is 0.101. The summed E-state index contributed by atoms with van der Waals surface area (Å²) in [4.78, 5) is 0. The third-order valence-electron chi connectivity index (χ3n) is 11.3. The van der Waals surface area contributed by atoms with Crippen LogP contribution in [0.4, 0.5) is 0 Å². The lowest BCUT2D eigenvalue weighted by atomic mass is 9.30. The van der Waals surface area contributed by atoms with Gasteiger partial charge >= 0.3 is 0 Å². The molecule has 2 saturated heterocycles. The van der Waals surface area contributed by atoms with Gasteiger partial charge < -0.3 is 22.9 Å². The van der Waals surface area contributed by atoms with Crippen molar-refractivity contribution in [1.82, 2.24) is 21.3 Å². The van der Waals surface area contributed by atoms with E-state index in [2.05, 4.69) is 21.3 Å². The largest absolute Gasteiger partial charge is 0.325 e. The van der Waals surface area contributed by atoms with Crippen LogP contribution in [0.15, 0.2) is 0 Å². The van der Waals surface area contributed by atoms with E-state index in [1.807, 2.05) is 0 Å². The first-order valence-corrected chi connectivity index (χ1v) is 11.2. The zero-order chi connectivity index (χ0) is 18.9. The summed E-state index contributed by atoms with van der Waals surface area (Å²) < 4.78 is 0. The van der Waals surface area contributed by atoms with Crippen LogP contribution in [0.3, 0.4) is 0 Å². The van der Waals surface area contributed by atoms with Crippen molar-refractivity contribution in [3.63, 3.8) is 0 Å². The molecule has 10 aliphatic rings. The molecule has 0 amide bonds. The highest BCUT2D eigenvalue weighted by molar-refractivity contribution is 5.54. The molecule has 2 aliphatic heterocycles. The topological polar surface area (TPSA) is 152 Å². The van der Waals surface area contributed by atoms with Crippen molar-refractivity contribution >= 4 is 0 Å². The molecule has 8 saturated carbocycles. The first kappa shape index (κ1) is 15.5. The molecule has 152 valence electrons. The van der Waals surface area contributed by atoms with E-state index < -0.39 is 27.9 Å². The fourth-order valence-electron chi connectivity index (χ4n) is 12.4. The molecule has 28 heavy (non-hydrogen) atoms. The molecule has 0 radical (unpaired) electrons. The molecule has 10 rings (SSSR count). The van der Waals surface area contributed by atoms with E-state index in [9.17, 15) is 0 Å². The maximum absolute atomic E-state index is 7.62. The summed E-state index contributed by atoms with van der Waals surface area (Å²) in [5.74, 6) is 0. The second-order valence-electron chi connectivity index (χ2n) is 13.5. The van der Waals surface area contributed by atoms with Crippen molar-refractivity contribution in [3.05, 3.63) is 0 Å². The average Bonchev–Trinajstić information content (AvgIpc) is 2.44. The predicted octanol–water partition coefficient (Wildman–Crippen LogP) is -2.49. The van der Waals surface area contributed by atoms with Crippen LogP contribution in [0.25, 0.3) is 0 Å². The lowest BCUT2D eigenvalue weighted by Crippen LogP contribution is -3.16. The van der Waals surface area contributed by atoms with Gasteiger partial charge in [0.05, 0.1) is 16.6 Å². The van der Waals surface area contributed by atoms with Gasteiger partial charge in [-0.1, -0.05) is 0 Å². The summed E-state index contributed by atoms with van der Waals surface area (Å²) in [6.07, 6.45) is 10.1. The molecular formula is C20H32N8. The molecule has 0 aromatic rings. The van der Waals surface area contributed by atoms with Crippen molar-refractivity contribution in [3.8, 4) is 0 Å². The Balaban J connectivity index is 1.48. The Morgan fingerprint density at radius 2 is 0.786 bits per heavy atom. The van der Waals surface area contributed by atoms with Gasteiger partial charge in [0.1, 0.15) is 11.3 Å². The zero-order valence-corrected chi connectivity index (χ0v) is 16.4. The first-order chi connectivity index (χ1) is 12.9. The molecule has 8 aliphatic carbocycles. The van der Waals surface area contributed by atoms with E-state index in [0.717, 1.165) is 25.7 Å². The fraction of sp³-hybridized carbons (Fsp3) is 1.00. The van der Waals surface area contributed by atoms with Gasteiger partial charge in [0.25, 0.3) is 0 Å². The van der Waals surface area contributed by atoms with Crippen LogP contribution in [0.5, 0.6) is 0 Å². The molecule has 8 bridgehead atoms. The summed E-state index contributed by atoms with van der Waals surface area (Å²) >= 11 is 0. The summed E-state index contributed by atoms with van der Waals surface area (Å²) in [5.41, 5.74) is 26.5. The molecule has 0 aromatic heterocycles. The number of nitrogens with two attached hydrogens (primary N) is 4. The minimum Gasteiger partial charge on any atom is -0.325 e. The van der Waals surface area contributed by atoms with Crippen LogP contribution in [0.2, 0.25) is 0 Å². The van der Waals surface area contributed by atoms with Gasteiger partial charge in [0.2, 0.25) is 0 Å². The SMILES string of the molecule is NC12CC3(N)CC(N)(C1)C14NC56CC7(CC8(CC(C5)(C7)NC3(N8)C1(N)C2)C6)N4. The number of hydrogen-bond acceptors (Lipinski definition) is 8. The van der Waals surface area contributed by atoms with Gasteiger partial charge in [-0.15, -0.1) is 0 Å². The van der Waals surface area contributed by atoms with Crippen LogP contribution >= 0.6 is 0 Å². The van der Waals surface area contributed by atoms with E-state index in [4.69, 9.17) is 22.9 Å². The van der Waals surface area contributed by atoms with Crippen molar-refractivity contribution in [1.29, 1.82) is 0 Å². The van der Waals surface area contributed by atoms with Crippen LogP contribution in [0, 0.1) is 0 Å². The van der Waals surface area contributed by atoms with Gasteiger partial charge in [-0.25, -0.2) is 0 Å². The Morgan fingerprint density at radius 1 is 0.429 bits per heavy atom. The predicted molar refractivity (Wildman–Crippen MR) is 103 cm³/mol. The maximum Gasteiger partial charge on any atom is 0.110 e. The quantitative estimate of drug-likeness (QED) is 0.228. The summed E-state index contributed by atoms with van der Waals surface area (Å²) in [5, 5.41) is 16.9. The van der Waals surface area contributed by atoms with E-state index >= 15 is 0 Å². The lowest BCUT2D eigenvalue weighted by molar-refractivity contribution is -0.328. The van der Waals surface area contributed by atoms with Gasteiger partial charge in [-0.2, -0.15) is 0 Å². The van der Waals surface area contributed by atoms with Crippen LogP contribution in [0.1, 0.15) is 64.2 Å². The highest BCUT2D eigenvalue weighted by Crippen LogP contribution is 2.75. The van der Waals surface area contributed by atoms with Crippen molar-refractivity contribution < 1.29 is 0 Å². The highest BCUT2D eigenvalue weighted by Gasteiger charge is 2.93. The van der Waals surface area contributed by atoms with Crippen molar-refractivity contribution in [2.24, 2.45) is 22.9 Å². The number of hydrogen-bond donors (Lipinski definition) is 8. The lowest BCUT2D eigenvalue weighted by Gasteiger charge is -2.93. The Hall–Kier alpha value is -0.320. The Kier molecular flexibility index (Phi) is 1.79. The number of rotatable bonds is 0. The molecule has 2 atom stereocenters. The Bertz CT molecular complexity index is 819. The maximum atomic E-state index is 7.62. The number of nitrogens with one attached hydrogen (secondary N) is 4. The average molecular weight is 385 g/mol. The van der Waals surface area contributed by atoms with Gasteiger partial charge in [-0.3, -0.25) is 21.3 Å². The second-order valence-corrected chi connectivity index (χ2v) is 13.5. The van der Waals surface area contributed by atoms with Crippen LogP contribution in [-0.4, -0.2) is 55.6 Å². The van der Waals surface area contributed by atoms with Crippen LogP contribution in [-0.2, 0) is 0 Å². The molecule has 12 N–H and O–H groups in total. The molecule has 2 heterocycles. The standard InChI is InChI=1S/C20H32N8/c21-11-1-16(22)10-17(23,2-11)20-18(24,3-11)19(16)25-12-4-13(26-19)8-14(6-12,27-20)5-15(7-12,9-13)28-20/h25-28H,1-10,21-24H2. The van der Waals surface area contributed by atoms with E-state index in [-0.39, 0.29) is 27.7 Å². The highest BCUT2D eigenvalue weighted by atomic mass is 15.5. The van der Waals surface area contributed by atoms with Gasteiger partial charge in [0.15, 0.2) is 0 Å². The van der Waals surface area contributed by atoms with Crippen LogP contribution < -0.4 is 44.2 Å². The summed E-state index contributed by atoms with van der Waals surface area (Å²) in [6.45, 7) is 0. The fourth-order valence-corrected chi connectivity index (χ4v) is 12.4. The molecule has 2 unspecified atom stereocenters. The molecule has 0 aromatic carbocycles. The van der Waals surface area contributed by atoms with E-state index in [1.54, 1.807) is 0 Å². The van der Waals surface area contributed by atoms with Crippen molar-refractivity contribution in [2.45, 2.75) is 120 Å². The Labute approximate surface area is 164 Å². The minimum atomic E-state index is -0.678. The molecule has 8 heteroatoms. The molecular weight excluding hydrogens is 352 g/mol. The van der Waals surface area contributed by atoms with E-state index in [0.29, 0.717) is 0 Å². The zero-order valence-electron chi connectivity index (χ0n) is 16.4. The summed E-state index contributed by atoms with van der Waals surface area (Å²) in [6, 6.07) is 0. The molecule has 6 spiro atoms. The monoisotopic (exact) mass is 384 g/mol. The first-order valence-electron chi connectivity index (χ1n) is 11.2. The smallest absolute Gasteiger partial charge is 0.110 e. The Morgan fingerprint density at radius 3 is 1.14 bits per heavy atom. The van der Waals surface area contributed by atoms with E-state index in [1.165, 1.54) is 38.5 Å². The normalized spacial score (nSPS) is 81.0.